The number of hydrogen-bond acceptors (Lipinski definition) is 3. The molecule has 0 radical (unpaired) electrons. The average Bonchev–Trinajstić information content (AvgIpc) is 2.37. The average molecular weight is 246 g/mol. The Morgan fingerprint density at radius 3 is 2.28 bits per heavy atom. The van der Waals surface area contributed by atoms with E-state index in [1.807, 2.05) is 6.92 Å². The van der Waals surface area contributed by atoms with Crippen molar-refractivity contribution < 1.29 is 14.4 Å². The van der Waals surface area contributed by atoms with Gasteiger partial charge in [-0.25, -0.2) is 4.79 Å². The normalized spacial score (nSPS) is 9.44. The predicted molar refractivity (Wildman–Crippen MR) is 67.0 cm³/mol. The number of benzene rings is 1. The van der Waals surface area contributed by atoms with Crippen LogP contribution in [-0.2, 0) is 4.79 Å². The number of nitrogens with zero attached hydrogens (tertiary/aromatic N) is 1. The molecule has 0 saturated carbocycles. The van der Waals surface area contributed by atoms with E-state index in [0.717, 1.165) is 16.5 Å². The van der Waals surface area contributed by atoms with E-state index in [2.05, 4.69) is 11.9 Å². The molecule has 1 rings (SSSR count). The monoisotopic (exact) mass is 246 g/mol. The molecule has 0 unspecified atom stereocenters. The van der Waals surface area contributed by atoms with Gasteiger partial charge in [0.05, 0.1) is 0 Å². The van der Waals surface area contributed by atoms with E-state index < -0.39 is 17.8 Å². The largest absolute Gasteiger partial charge is 0.330 e. The summed E-state index contributed by atoms with van der Waals surface area (Å²) in [5, 5.41) is 2.11. The molecule has 0 fully saturated rings. The number of carbonyl (C=O) groups is 3. The molecule has 5 heteroatoms. The second-order valence-electron chi connectivity index (χ2n) is 3.73. The van der Waals surface area contributed by atoms with Crippen molar-refractivity contribution in [3.8, 4) is 0 Å². The number of likely N-dealkylation sites (N-methyl/N-ethyl adjacent to an activating group) is 1. The van der Waals surface area contributed by atoms with Crippen LogP contribution >= 0.6 is 0 Å². The number of rotatable bonds is 2. The highest BCUT2D eigenvalue weighted by Gasteiger charge is 2.17. The van der Waals surface area contributed by atoms with Crippen LogP contribution in [0, 0.1) is 6.92 Å². The van der Waals surface area contributed by atoms with Crippen LogP contribution in [0.2, 0.25) is 0 Å². The first kappa shape index (κ1) is 13.6. The van der Waals surface area contributed by atoms with Crippen molar-refractivity contribution in [1.82, 2.24) is 10.2 Å². The Morgan fingerprint density at radius 1 is 1.22 bits per heavy atom. The molecule has 0 bridgehead atoms. The molecule has 0 spiro atoms. The highest BCUT2D eigenvalue weighted by atomic mass is 16.2. The van der Waals surface area contributed by atoms with E-state index in [9.17, 15) is 14.4 Å². The van der Waals surface area contributed by atoms with Crippen molar-refractivity contribution in [2.45, 2.75) is 6.92 Å². The molecule has 0 atom stereocenters. The van der Waals surface area contributed by atoms with Gasteiger partial charge in [0.2, 0.25) is 0 Å². The first-order chi connectivity index (χ1) is 8.45. The summed E-state index contributed by atoms with van der Waals surface area (Å²) in [7, 11) is 1.27. The van der Waals surface area contributed by atoms with E-state index in [0.29, 0.717) is 5.56 Å². The molecule has 1 aromatic rings. The zero-order valence-corrected chi connectivity index (χ0v) is 10.3. The third-order valence-corrected chi connectivity index (χ3v) is 2.34. The summed E-state index contributed by atoms with van der Waals surface area (Å²) in [6.45, 7) is 5.15. The van der Waals surface area contributed by atoms with Crippen LogP contribution in [0.25, 0.3) is 0 Å². The molecular formula is C13H14N2O3. The second kappa shape index (κ2) is 5.77. The van der Waals surface area contributed by atoms with Crippen LogP contribution in [0.1, 0.15) is 15.9 Å². The molecule has 18 heavy (non-hydrogen) atoms. The van der Waals surface area contributed by atoms with Gasteiger partial charge in [0.1, 0.15) is 0 Å². The minimum atomic E-state index is -0.787. The molecular weight excluding hydrogens is 232 g/mol. The van der Waals surface area contributed by atoms with Gasteiger partial charge in [-0.05, 0) is 25.1 Å². The Labute approximate surface area is 105 Å². The quantitative estimate of drug-likeness (QED) is 0.804. The zero-order valence-electron chi connectivity index (χ0n) is 10.3. The predicted octanol–water partition coefficient (Wildman–Crippen LogP) is 1.49. The maximum Gasteiger partial charge on any atom is 0.330 e. The minimum Gasteiger partial charge on any atom is -0.273 e. The highest BCUT2D eigenvalue weighted by molar-refractivity contribution is 6.09. The first-order valence-corrected chi connectivity index (χ1v) is 5.28. The van der Waals surface area contributed by atoms with E-state index in [1.54, 1.807) is 24.3 Å². The number of amides is 4. The highest BCUT2D eigenvalue weighted by Crippen LogP contribution is 2.03. The van der Waals surface area contributed by atoms with Crippen LogP contribution in [0.3, 0.4) is 0 Å². The van der Waals surface area contributed by atoms with Crippen molar-refractivity contribution in [3.63, 3.8) is 0 Å². The van der Waals surface area contributed by atoms with Gasteiger partial charge in [-0.15, -0.1) is 0 Å². The summed E-state index contributed by atoms with van der Waals surface area (Å²) < 4.78 is 0. The van der Waals surface area contributed by atoms with Crippen molar-refractivity contribution in [2.75, 3.05) is 7.05 Å². The third-order valence-electron chi connectivity index (χ3n) is 2.34. The van der Waals surface area contributed by atoms with Crippen LogP contribution in [0.4, 0.5) is 4.79 Å². The van der Waals surface area contributed by atoms with Crippen molar-refractivity contribution in [2.24, 2.45) is 0 Å². The summed E-state index contributed by atoms with van der Waals surface area (Å²) in [5.74, 6) is -1.13. The minimum absolute atomic E-state index is 0.355. The number of hydrogen-bond donors (Lipinski definition) is 1. The van der Waals surface area contributed by atoms with Gasteiger partial charge in [-0.1, -0.05) is 24.3 Å². The second-order valence-corrected chi connectivity index (χ2v) is 3.73. The van der Waals surface area contributed by atoms with Gasteiger partial charge >= 0.3 is 6.03 Å². The van der Waals surface area contributed by atoms with Crippen LogP contribution < -0.4 is 5.32 Å². The van der Waals surface area contributed by atoms with E-state index in [4.69, 9.17) is 0 Å². The summed E-state index contributed by atoms with van der Waals surface area (Å²) in [5.41, 5.74) is 1.37. The van der Waals surface area contributed by atoms with E-state index in [-0.39, 0.29) is 0 Å². The van der Waals surface area contributed by atoms with Gasteiger partial charge in [0.15, 0.2) is 0 Å². The van der Waals surface area contributed by atoms with Gasteiger partial charge in [0, 0.05) is 12.6 Å². The maximum absolute atomic E-state index is 11.7. The SMILES string of the molecule is C=CC(=O)N(C)C(=O)NC(=O)c1ccc(C)cc1. The summed E-state index contributed by atoms with van der Waals surface area (Å²) in [6.07, 6.45) is 0.996. The molecule has 0 aromatic heterocycles. The maximum atomic E-state index is 11.7. The van der Waals surface area contributed by atoms with Crippen molar-refractivity contribution in [3.05, 3.63) is 48.0 Å². The molecule has 0 aliphatic rings. The lowest BCUT2D eigenvalue weighted by molar-refractivity contribution is -0.122. The molecule has 5 nitrogen and oxygen atoms in total. The molecule has 1 N–H and O–H groups in total. The number of nitrogens with one attached hydrogen (secondary N) is 1. The lowest BCUT2D eigenvalue weighted by Crippen LogP contribution is -2.43. The third kappa shape index (κ3) is 3.28. The smallest absolute Gasteiger partial charge is 0.273 e. The molecule has 0 aliphatic heterocycles. The fraction of sp³-hybridized carbons (Fsp3) is 0.154. The standard InChI is InChI=1S/C13H14N2O3/c1-4-11(16)15(3)13(18)14-12(17)10-7-5-9(2)6-8-10/h4-8H,1H2,2-3H3,(H,14,17,18). The lowest BCUT2D eigenvalue weighted by atomic mass is 10.1. The topological polar surface area (TPSA) is 66.5 Å². The Balaban J connectivity index is 2.70. The number of carbonyl (C=O) groups excluding carboxylic acids is 3. The summed E-state index contributed by atoms with van der Waals surface area (Å²) in [6, 6.07) is 5.95. The Bertz CT molecular complexity index is 491. The van der Waals surface area contributed by atoms with Crippen molar-refractivity contribution >= 4 is 17.8 Å². The Kier molecular flexibility index (Phi) is 4.37. The summed E-state index contributed by atoms with van der Waals surface area (Å²) >= 11 is 0. The molecule has 0 aliphatic carbocycles. The van der Waals surface area contributed by atoms with Gasteiger partial charge in [0.25, 0.3) is 11.8 Å². The fourth-order valence-electron chi connectivity index (χ4n) is 1.20. The van der Waals surface area contributed by atoms with Gasteiger partial charge in [-0.2, -0.15) is 0 Å². The van der Waals surface area contributed by atoms with E-state index in [1.165, 1.54) is 7.05 Å². The van der Waals surface area contributed by atoms with Crippen molar-refractivity contribution in [1.29, 1.82) is 0 Å². The molecule has 0 saturated heterocycles. The van der Waals surface area contributed by atoms with E-state index >= 15 is 0 Å². The Hall–Kier alpha value is -2.43. The zero-order chi connectivity index (χ0) is 13.7. The lowest BCUT2D eigenvalue weighted by Gasteiger charge is -2.13. The van der Waals surface area contributed by atoms with Gasteiger partial charge < -0.3 is 0 Å². The molecule has 1 aromatic carbocycles. The first-order valence-electron chi connectivity index (χ1n) is 5.28. The number of aryl methyl sites for hydroxylation is 1. The number of urea groups is 1. The molecule has 94 valence electrons. The summed E-state index contributed by atoms with van der Waals surface area (Å²) in [4.78, 5) is 35.1. The van der Waals surface area contributed by atoms with Crippen LogP contribution in [-0.4, -0.2) is 29.8 Å². The molecule has 0 heterocycles. The van der Waals surface area contributed by atoms with Gasteiger partial charge in [-0.3, -0.25) is 19.8 Å². The Morgan fingerprint density at radius 2 is 1.78 bits per heavy atom. The van der Waals surface area contributed by atoms with Crippen LogP contribution in [0.15, 0.2) is 36.9 Å². The fourth-order valence-corrected chi connectivity index (χ4v) is 1.20. The molecule has 4 amide bonds. The number of imide groups is 2. The van der Waals surface area contributed by atoms with Crippen LogP contribution in [0.5, 0.6) is 0 Å².